The van der Waals surface area contributed by atoms with Gasteiger partial charge < -0.3 is 5.32 Å². The van der Waals surface area contributed by atoms with Gasteiger partial charge in [0.25, 0.3) is 5.91 Å². The van der Waals surface area contributed by atoms with Crippen LogP contribution in [0.2, 0.25) is 0 Å². The smallest absolute Gasteiger partial charge is 0.255 e. The lowest BCUT2D eigenvalue weighted by Gasteiger charge is -2.19. The molecule has 1 atom stereocenters. The Morgan fingerprint density at radius 1 is 1.38 bits per heavy atom. The van der Waals surface area contributed by atoms with E-state index in [0.717, 1.165) is 18.2 Å². The van der Waals surface area contributed by atoms with Crippen LogP contribution in [-0.2, 0) is 5.54 Å². The molecule has 0 saturated heterocycles. The van der Waals surface area contributed by atoms with Crippen molar-refractivity contribution in [3.8, 4) is 0 Å². The van der Waals surface area contributed by atoms with E-state index < -0.39 is 23.1 Å². The van der Waals surface area contributed by atoms with Gasteiger partial charge >= 0.3 is 0 Å². The van der Waals surface area contributed by atoms with Crippen molar-refractivity contribution in [3.05, 3.63) is 41.2 Å². The summed E-state index contributed by atoms with van der Waals surface area (Å²) < 4.78 is 26.9. The Labute approximate surface area is 118 Å². The molecule has 0 radical (unpaired) electrons. The zero-order chi connectivity index (χ0) is 15.3. The standard InChI is InChI=1S/C13H13F2N5O/c1-12(2)6-13(12,11-17-19-20-18-11)16-10(21)8-5-7(14)3-4-9(8)15/h3-5H,6H2,1-2H3,(H,16,21)(H,17,18,19,20). The SMILES string of the molecule is CC1(C)CC1(NC(=O)c1cc(F)ccc1F)c1nn[nH]n1. The minimum absolute atomic E-state index is 0.295. The van der Waals surface area contributed by atoms with E-state index in [1.54, 1.807) is 0 Å². The van der Waals surface area contributed by atoms with Crippen molar-refractivity contribution < 1.29 is 13.6 Å². The van der Waals surface area contributed by atoms with Gasteiger partial charge in [0.05, 0.1) is 5.56 Å². The van der Waals surface area contributed by atoms with E-state index in [4.69, 9.17) is 0 Å². The number of aromatic amines is 1. The lowest BCUT2D eigenvalue weighted by atomic mass is 10.0. The van der Waals surface area contributed by atoms with Crippen LogP contribution in [0.5, 0.6) is 0 Å². The second kappa shape index (κ2) is 4.31. The largest absolute Gasteiger partial charge is 0.338 e. The van der Waals surface area contributed by atoms with Gasteiger partial charge in [-0.3, -0.25) is 4.79 Å². The molecule has 21 heavy (non-hydrogen) atoms. The summed E-state index contributed by atoms with van der Waals surface area (Å²) in [5, 5.41) is 16.3. The first-order valence-electron chi connectivity index (χ1n) is 6.37. The molecule has 1 aliphatic carbocycles. The number of aromatic nitrogens is 4. The van der Waals surface area contributed by atoms with Crippen LogP contribution >= 0.6 is 0 Å². The van der Waals surface area contributed by atoms with Gasteiger partial charge in [-0.2, -0.15) is 5.21 Å². The third-order valence-corrected chi connectivity index (χ3v) is 3.96. The normalized spacial score (nSPS) is 22.9. The van der Waals surface area contributed by atoms with Gasteiger partial charge in [-0.05, 0) is 30.0 Å². The molecule has 0 spiro atoms. The van der Waals surface area contributed by atoms with Crippen LogP contribution < -0.4 is 5.32 Å². The monoisotopic (exact) mass is 293 g/mol. The number of nitrogens with zero attached hydrogens (tertiary/aromatic N) is 3. The molecule has 1 aromatic carbocycles. The number of tetrazole rings is 1. The van der Waals surface area contributed by atoms with Crippen molar-refractivity contribution >= 4 is 5.91 Å². The first-order chi connectivity index (χ1) is 9.86. The van der Waals surface area contributed by atoms with E-state index in [1.807, 2.05) is 13.8 Å². The van der Waals surface area contributed by atoms with E-state index >= 15 is 0 Å². The number of H-pyrrole nitrogens is 1. The van der Waals surface area contributed by atoms with E-state index in [2.05, 4.69) is 25.9 Å². The summed E-state index contributed by atoms with van der Waals surface area (Å²) in [5.41, 5.74) is -1.47. The lowest BCUT2D eigenvalue weighted by molar-refractivity contribution is 0.0913. The number of hydrogen-bond donors (Lipinski definition) is 2. The molecule has 0 aliphatic heterocycles. The fourth-order valence-electron chi connectivity index (χ4n) is 2.54. The second-order valence-electron chi connectivity index (χ2n) is 5.78. The number of hydrogen-bond acceptors (Lipinski definition) is 4. The number of halogens is 2. The zero-order valence-corrected chi connectivity index (χ0v) is 11.4. The van der Waals surface area contributed by atoms with Gasteiger partial charge in [-0.1, -0.05) is 19.1 Å². The fourth-order valence-corrected chi connectivity index (χ4v) is 2.54. The number of carbonyl (C=O) groups is 1. The molecule has 1 fully saturated rings. The van der Waals surface area contributed by atoms with E-state index in [-0.39, 0.29) is 11.0 Å². The number of amides is 1. The molecular formula is C13H13F2N5O. The Morgan fingerprint density at radius 2 is 2.10 bits per heavy atom. The summed E-state index contributed by atoms with van der Waals surface area (Å²) in [6, 6.07) is 2.75. The van der Waals surface area contributed by atoms with Gasteiger partial charge in [0.2, 0.25) is 0 Å². The Hall–Kier alpha value is -2.38. The van der Waals surface area contributed by atoms with E-state index in [9.17, 15) is 13.6 Å². The number of carbonyl (C=O) groups excluding carboxylic acids is 1. The third kappa shape index (κ3) is 2.07. The van der Waals surface area contributed by atoms with Crippen molar-refractivity contribution in [1.29, 1.82) is 0 Å². The van der Waals surface area contributed by atoms with Gasteiger partial charge in [0.15, 0.2) is 5.82 Å². The molecule has 0 bridgehead atoms. The minimum Gasteiger partial charge on any atom is -0.338 e. The summed E-state index contributed by atoms with van der Waals surface area (Å²) in [7, 11) is 0. The van der Waals surface area contributed by atoms with Gasteiger partial charge in [-0.25, -0.2) is 8.78 Å². The molecule has 1 amide bonds. The molecule has 3 rings (SSSR count). The molecule has 110 valence electrons. The number of benzene rings is 1. The molecular weight excluding hydrogens is 280 g/mol. The van der Waals surface area contributed by atoms with Gasteiger partial charge in [0, 0.05) is 0 Å². The number of nitrogens with one attached hydrogen (secondary N) is 2. The predicted octanol–water partition coefficient (Wildman–Crippen LogP) is 1.53. The van der Waals surface area contributed by atoms with E-state index in [1.165, 1.54) is 0 Å². The quantitative estimate of drug-likeness (QED) is 0.899. The molecule has 1 unspecified atom stereocenters. The molecule has 6 nitrogen and oxygen atoms in total. The maximum absolute atomic E-state index is 13.7. The molecule has 8 heteroatoms. The Balaban J connectivity index is 1.92. The fraction of sp³-hybridized carbons (Fsp3) is 0.385. The molecule has 1 saturated carbocycles. The second-order valence-corrected chi connectivity index (χ2v) is 5.78. The maximum atomic E-state index is 13.7. The highest BCUT2D eigenvalue weighted by molar-refractivity contribution is 5.95. The molecule has 2 N–H and O–H groups in total. The average molecular weight is 293 g/mol. The lowest BCUT2D eigenvalue weighted by Crippen LogP contribution is -2.39. The highest BCUT2D eigenvalue weighted by atomic mass is 19.1. The first-order valence-corrected chi connectivity index (χ1v) is 6.37. The minimum atomic E-state index is -0.824. The molecule has 1 heterocycles. The van der Waals surface area contributed by atoms with Crippen LogP contribution in [0.15, 0.2) is 18.2 Å². The summed E-state index contributed by atoms with van der Waals surface area (Å²) in [6.45, 7) is 3.84. The van der Waals surface area contributed by atoms with Crippen LogP contribution in [0.1, 0.15) is 36.5 Å². The average Bonchev–Trinajstić information content (AvgIpc) is 2.84. The van der Waals surface area contributed by atoms with Crippen molar-refractivity contribution in [2.45, 2.75) is 25.8 Å². The molecule has 1 aliphatic rings. The Kier molecular flexibility index (Phi) is 2.79. The maximum Gasteiger partial charge on any atom is 0.255 e. The highest BCUT2D eigenvalue weighted by Crippen LogP contribution is 2.61. The Morgan fingerprint density at radius 3 is 2.67 bits per heavy atom. The number of rotatable bonds is 3. The van der Waals surface area contributed by atoms with Gasteiger partial charge in [-0.15, -0.1) is 10.2 Å². The highest BCUT2D eigenvalue weighted by Gasteiger charge is 2.66. The van der Waals surface area contributed by atoms with Crippen LogP contribution in [0.25, 0.3) is 0 Å². The van der Waals surface area contributed by atoms with Crippen molar-refractivity contribution in [3.63, 3.8) is 0 Å². The zero-order valence-electron chi connectivity index (χ0n) is 11.4. The van der Waals surface area contributed by atoms with Crippen molar-refractivity contribution in [2.24, 2.45) is 5.41 Å². The van der Waals surface area contributed by atoms with Crippen molar-refractivity contribution in [1.82, 2.24) is 25.9 Å². The van der Waals surface area contributed by atoms with Crippen LogP contribution in [0, 0.1) is 17.0 Å². The predicted molar refractivity (Wildman–Crippen MR) is 68.1 cm³/mol. The van der Waals surface area contributed by atoms with Crippen LogP contribution in [0.4, 0.5) is 8.78 Å². The summed E-state index contributed by atoms with van der Waals surface area (Å²) in [5.74, 6) is -1.83. The molecule has 1 aromatic heterocycles. The summed E-state index contributed by atoms with van der Waals surface area (Å²) in [4.78, 5) is 12.3. The topological polar surface area (TPSA) is 83.6 Å². The first kappa shape index (κ1) is 13.6. The van der Waals surface area contributed by atoms with Crippen LogP contribution in [0.3, 0.4) is 0 Å². The van der Waals surface area contributed by atoms with E-state index in [0.29, 0.717) is 12.2 Å². The van der Waals surface area contributed by atoms with Crippen LogP contribution in [-0.4, -0.2) is 26.5 Å². The summed E-state index contributed by atoms with van der Waals surface area (Å²) in [6.07, 6.45) is 0.586. The van der Waals surface area contributed by atoms with Crippen molar-refractivity contribution in [2.75, 3.05) is 0 Å². The van der Waals surface area contributed by atoms with Gasteiger partial charge in [0.1, 0.15) is 17.2 Å². The third-order valence-electron chi connectivity index (χ3n) is 3.96. The Bertz CT molecular complexity index is 701. The summed E-state index contributed by atoms with van der Waals surface area (Å²) >= 11 is 0. The molecule has 2 aromatic rings.